The van der Waals surface area contributed by atoms with Crippen LogP contribution in [0.2, 0.25) is 0 Å². The molecule has 0 unspecified atom stereocenters. The molecule has 0 bridgehead atoms. The Morgan fingerprint density at radius 1 is 1.06 bits per heavy atom. The fourth-order valence-corrected chi connectivity index (χ4v) is 6.19. The van der Waals surface area contributed by atoms with Gasteiger partial charge in [0.05, 0.1) is 15.1 Å². The molecule has 35 heavy (non-hydrogen) atoms. The number of aromatic nitrogens is 1. The molecule has 0 aliphatic carbocycles. The quantitative estimate of drug-likeness (QED) is 0.290. The number of nitrogens with zero attached hydrogens (tertiary/aromatic N) is 2. The van der Waals surface area contributed by atoms with Crippen LogP contribution in [-0.2, 0) is 10.0 Å². The second-order valence-electron chi connectivity index (χ2n) is 8.20. The minimum absolute atomic E-state index is 0.131. The Labute approximate surface area is 207 Å². The van der Waals surface area contributed by atoms with E-state index in [4.69, 9.17) is 4.42 Å². The van der Waals surface area contributed by atoms with E-state index in [1.54, 1.807) is 46.8 Å². The Morgan fingerprint density at radius 3 is 2.49 bits per heavy atom. The Bertz CT molecular complexity index is 1520. The van der Waals surface area contributed by atoms with E-state index in [2.05, 4.69) is 10.3 Å². The normalized spacial score (nSPS) is 12.0. The van der Waals surface area contributed by atoms with Gasteiger partial charge in [-0.15, -0.1) is 0 Å². The van der Waals surface area contributed by atoms with E-state index >= 15 is 0 Å². The summed E-state index contributed by atoms with van der Waals surface area (Å²) < 4.78 is 34.0. The van der Waals surface area contributed by atoms with Crippen molar-refractivity contribution in [2.75, 3.05) is 18.4 Å². The van der Waals surface area contributed by atoms with Gasteiger partial charge in [-0.2, -0.15) is 4.31 Å². The number of thiazole rings is 1. The summed E-state index contributed by atoms with van der Waals surface area (Å²) in [6.07, 6.45) is 3.41. The first-order valence-corrected chi connectivity index (χ1v) is 13.8. The number of carbonyl (C=O) groups is 1. The van der Waals surface area contributed by atoms with Crippen LogP contribution in [0.15, 0.2) is 62.6 Å². The monoisotopic (exact) mass is 513 g/mol. The van der Waals surface area contributed by atoms with Crippen molar-refractivity contribution < 1.29 is 17.6 Å². The van der Waals surface area contributed by atoms with E-state index < -0.39 is 21.6 Å². The van der Waals surface area contributed by atoms with Crippen molar-refractivity contribution in [3.8, 4) is 0 Å². The van der Waals surface area contributed by atoms with Crippen LogP contribution in [0.1, 0.15) is 49.9 Å². The van der Waals surface area contributed by atoms with Crippen LogP contribution in [0.4, 0.5) is 5.13 Å². The van der Waals surface area contributed by atoms with Crippen LogP contribution in [0, 0.1) is 0 Å². The maximum Gasteiger partial charge on any atom is 0.349 e. The lowest BCUT2D eigenvalue weighted by atomic mass is 10.2. The van der Waals surface area contributed by atoms with E-state index in [0.29, 0.717) is 34.3 Å². The molecule has 0 aliphatic rings. The largest absolute Gasteiger partial charge is 0.422 e. The summed E-state index contributed by atoms with van der Waals surface area (Å²) in [6, 6.07) is 13.2. The van der Waals surface area contributed by atoms with Crippen LogP contribution >= 0.6 is 11.3 Å². The lowest BCUT2D eigenvalue weighted by Crippen LogP contribution is -2.33. The first kappa shape index (κ1) is 25.0. The molecule has 0 saturated carbocycles. The maximum atomic E-state index is 13.3. The predicted octanol–water partition coefficient (Wildman–Crippen LogP) is 5.25. The highest BCUT2D eigenvalue weighted by Crippen LogP contribution is 2.30. The summed E-state index contributed by atoms with van der Waals surface area (Å²) in [5, 5.41) is 3.53. The molecule has 0 atom stereocenters. The first-order valence-electron chi connectivity index (χ1n) is 11.6. The fraction of sp³-hybridized carbons (Fsp3) is 0.320. The van der Waals surface area contributed by atoms with Gasteiger partial charge in [-0.3, -0.25) is 10.1 Å². The molecule has 1 N–H and O–H groups in total. The number of nitrogens with one attached hydrogen (secondary N) is 1. The molecule has 0 spiro atoms. The van der Waals surface area contributed by atoms with Crippen LogP contribution in [0.5, 0.6) is 0 Å². The molecular formula is C25H27N3O5S2. The van der Waals surface area contributed by atoms with Gasteiger partial charge >= 0.3 is 5.63 Å². The number of para-hydroxylation sites is 1. The smallest absolute Gasteiger partial charge is 0.349 e. The van der Waals surface area contributed by atoms with Gasteiger partial charge in [0.1, 0.15) is 11.1 Å². The lowest BCUT2D eigenvalue weighted by Gasteiger charge is -2.21. The molecule has 2 heterocycles. The number of sulfonamides is 1. The summed E-state index contributed by atoms with van der Waals surface area (Å²) >= 11 is 1.15. The number of benzene rings is 2. The van der Waals surface area contributed by atoms with Crippen molar-refractivity contribution in [3.05, 3.63) is 64.5 Å². The van der Waals surface area contributed by atoms with Crippen molar-refractivity contribution >= 4 is 53.6 Å². The van der Waals surface area contributed by atoms with E-state index in [1.807, 2.05) is 13.8 Å². The number of hydrogen-bond acceptors (Lipinski definition) is 7. The van der Waals surface area contributed by atoms with Crippen LogP contribution in [0.25, 0.3) is 21.2 Å². The maximum absolute atomic E-state index is 13.3. The van der Waals surface area contributed by atoms with Gasteiger partial charge in [0.25, 0.3) is 5.91 Å². The summed E-state index contributed by atoms with van der Waals surface area (Å²) in [6.45, 7) is 5.03. The second-order valence-corrected chi connectivity index (χ2v) is 11.2. The number of fused-ring (bicyclic) bond motifs is 2. The number of rotatable bonds is 10. The van der Waals surface area contributed by atoms with Gasteiger partial charge in [-0.1, -0.05) is 56.2 Å². The fourth-order valence-electron chi connectivity index (χ4n) is 3.67. The van der Waals surface area contributed by atoms with Gasteiger partial charge < -0.3 is 4.42 Å². The molecule has 8 nitrogen and oxygen atoms in total. The third-order valence-corrected chi connectivity index (χ3v) is 8.45. The molecular weight excluding hydrogens is 486 g/mol. The summed E-state index contributed by atoms with van der Waals surface area (Å²) in [7, 11) is -3.65. The third kappa shape index (κ3) is 5.44. The van der Waals surface area contributed by atoms with Gasteiger partial charge in [0.15, 0.2) is 5.13 Å². The van der Waals surface area contributed by atoms with Crippen LogP contribution < -0.4 is 10.9 Å². The Hall–Kier alpha value is -3.08. The Balaban J connectivity index is 1.59. The molecule has 4 aromatic rings. The van der Waals surface area contributed by atoms with Crippen LogP contribution in [-0.4, -0.2) is 36.7 Å². The van der Waals surface area contributed by atoms with Gasteiger partial charge in [-0.05, 0) is 43.2 Å². The molecule has 0 radical (unpaired) electrons. The van der Waals surface area contributed by atoms with Crippen LogP contribution in [0.3, 0.4) is 0 Å². The molecule has 2 aromatic carbocycles. The van der Waals surface area contributed by atoms with Crippen molar-refractivity contribution in [3.63, 3.8) is 0 Å². The van der Waals surface area contributed by atoms with E-state index in [-0.39, 0.29) is 15.6 Å². The summed E-state index contributed by atoms with van der Waals surface area (Å²) in [4.78, 5) is 29.6. The highest BCUT2D eigenvalue weighted by molar-refractivity contribution is 7.89. The number of anilines is 1. The Morgan fingerprint density at radius 2 is 1.77 bits per heavy atom. The van der Waals surface area contributed by atoms with Crippen molar-refractivity contribution in [1.29, 1.82) is 0 Å². The van der Waals surface area contributed by atoms with E-state index in [0.717, 1.165) is 37.0 Å². The zero-order chi connectivity index (χ0) is 25.0. The predicted molar refractivity (Wildman–Crippen MR) is 139 cm³/mol. The SMILES string of the molecule is CCCCN(CCCC)S(=O)(=O)c1ccc2nc(NC(=O)c3cc4ccccc4oc3=O)sc2c1. The third-order valence-electron chi connectivity index (χ3n) is 5.63. The topological polar surface area (TPSA) is 110 Å². The Kier molecular flexibility index (Phi) is 7.63. The molecule has 1 amide bonds. The van der Waals surface area contributed by atoms with Crippen molar-refractivity contribution in [1.82, 2.24) is 9.29 Å². The highest BCUT2D eigenvalue weighted by Gasteiger charge is 2.24. The molecule has 0 aliphatic heterocycles. The highest BCUT2D eigenvalue weighted by atomic mass is 32.2. The van der Waals surface area contributed by atoms with Gasteiger partial charge in [0, 0.05) is 18.5 Å². The average molecular weight is 514 g/mol. The average Bonchev–Trinajstić information content (AvgIpc) is 3.24. The minimum atomic E-state index is -3.65. The molecule has 0 saturated heterocycles. The molecule has 184 valence electrons. The van der Waals surface area contributed by atoms with Gasteiger partial charge in [-0.25, -0.2) is 18.2 Å². The second kappa shape index (κ2) is 10.7. The number of hydrogen-bond donors (Lipinski definition) is 1. The molecule has 10 heteroatoms. The molecule has 4 rings (SSSR count). The first-order chi connectivity index (χ1) is 16.8. The van der Waals surface area contributed by atoms with Crippen molar-refractivity contribution in [2.24, 2.45) is 0 Å². The van der Waals surface area contributed by atoms with E-state index in [9.17, 15) is 18.0 Å². The van der Waals surface area contributed by atoms with E-state index in [1.165, 1.54) is 6.07 Å². The van der Waals surface area contributed by atoms with Gasteiger partial charge in [0.2, 0.25) is 10.0 Å². The zero-order valence-electron chi connectivity index (χ0n) is 19.6. The zero-order valence-corrected chi connectivity index (χ0v) is 21.2. The molecule has 2 aromatic heterocycles. The number of unbranched alkanes of at least 4 members (excludes halogenated alkanes) is 2. The lowest BCUT2D eigenvalue weighted by molar-refractivity contribution is 0.102. The van der Waals surface area contributed by atoms with Crippen molar-refractivity contribution in [2.45, 2.75) is 44.4 Å². The number of carbonyl (C=O) groups excluding carboxylic acids is 1. The standard InChI is InChI=1S/C25H27N3O5S2/c1-3-5-13-28(14-6-4-2)35(31,32)18-11-12-20-22(16-18)34-25(26-20)27-23(29)19-15-17-9-7-8-10-21(17)33-24(19)30/h7-12,15-16H,3-6,13-14H2,1-2H3,(H,26,27,29). The summed E-state index contributed by atoms with van der Waals surface area (Å²) in [5.74, 6) is -0.637. The summed E-state index contributed by atoms with van der Waals surface area (Å²) in [5.41, 5.74) is 0.0850. The number of amides is 1. The molecule has 0 fully saturated rings. The minimum Gasteiger partial charge on any atom is -0.422 e.